The number of hydrogen-bond acceptors (Lipinski definition) is 2. The number of rotatable bonds is 2. The molecule has 0 aliphatic heterocycles. The van der Waals surface area contributed by atoms with Crippen LogP contribution in [0.4, 0.5) is 8.78 Å². The smallest absolute Gasteiger partial charge is 0.271 e. The Morgan fingerprint density at radius 1 is 1.33 bits per heavy atom. The number of halogens is 3. The summed E-state index contributed by atoms with van der Waals surface area (Å²) in [5.41, 5.74) is 1.67. The van der Waals surface area contributed by atoms with Crippen molar-refractivity contribution in [2.45, 2.75) is 0 Å². The highest BCUT2D eigenvalue weighted by molar-refractivity contribution is 9.10. The number of hydrazine groups is 1. The molecule has 1 aromatic rings. The van der Waals surface area contributed by atoms with Crippen LogP contribution in [0.3, 0.4) is 0 Å². The van der Waals surface area contributed by atoms with Crippen molar-refractivity contribution in [2.24, 2.45) is 0 Å². The van der Waals surface area contributed by atoms with Gasteiger partial charge < -0.3 is 0 Å². The Labute approximate surface area is 94.2 Å². The van der Waals surface area contributed by atoms with Crippen LogP contribution < -0.4 is 5.43 Å². The lowest BCUT2D eigenvalue weighted by Gasteiger charge is -2.12. The van der Waals surface area contributed by atoms with E-state index in [1.165, 1.54) is 5.01 Å². The Morgan fingerprint density at radius 2 is 1.80 bits per heavy atom. The summed E-state index contributed by atoms with van der Waals surface area (Å²) < 4.78 is 26.8. The number of amides is 1. The van der Waals surface area contributed by atoms with Gasteiger partial charge in [0, 0.05) is 18.6 Å². The van der Waals surface area contributed by atoms with Crippen LogP contribution in [0.25, 0.3) is 0 Å². The minimum absolute atomic E-state index is 0.249. The van der Waals surface area contributed by atoms with Crippen molar-refractivity contribution in [1.29, 1.82) is 0 Å². The summed E-state index contributed by atoms with van der Waals surface area (Å²) in [6, 6.07) is 2.07. The summed E-state index contributed by atoms with van der Waals surface area (Å²) >= 11 is 2.92. The first-order valence-corrected chi connectivity index (χ1v) is 4.84. The van der Waals surface area contributed by atoms with E-state index in [1.807, 2.05) is 0 Å². The number of nitrogens with zero attached hydrogens (tertiary/aromatic N) is 1. The maximum atomic E-state index is 13.3. The van der Waals surface area contributed by atoms with E-state index in [0.29, 0.717) is 0 Å². The fourth-order valence-corrected chi connectivity index (χ4v) is 1.42. The second kappa shape index (κ2) is 4.67. The average Bonchev–Trinajstić information content (AvgIpc) is 1.99. The van der Waals surface area contributed by atoms with Crippen molar-refractivity contribution in [2.75, 3.05) is 14.1 Å². The SMILES string of the molecule is CN(C)NC(=O)c1c(F)cc(Br)cc1F. The molecule has 1 amide bonds. The zero-order valence-corrected chi connectivity index (χ0v) is 9.73. The number of hydrogen-bond donors (Lipinski definition) is 1. The Morgan fingerprint density at radius 3 is 2.20 bits per heavy atom. The van der Waals surface area contributed by atoms with Crippen LogP contribution in [-0.2, 0) is 0 Å². The molecule has 15 heavy (non-hydrogen) atoms. The van der Waals surface area contributed by atoms with E-state index >= 15 is 0 Å². The van der Waals surface area contributed by atoms with Crippen LogP contribution >= 0.6 is 15.9 Å². The third-order valence-electron chi connectivity index (χ3n) is 1.56. The third kappa shape index (κ3) is 2.97. The minimum Gasteiger partial charge on any atom is -0.285 e. The molecule has 1 aromatic carbocycles. The number of benzene rings is 1. The van der Waals surface area contributed by atoms with Crippen molar-refractivity contribution < 1.29 is 13.6 Å². The first-order chi connectivity index (χ1) is 6.91. The molecule has 0 heterocycles. The molecule has 6 heteroatoms. The summed E-state index contributed by atoms with van der Waals surface area (Å²) in [4.78, 5) is 11.4. The molecule has 0 aliphatic carbocycles. The van der Waals surface area contributed by atoms with Gasteiger partial charge in [0.05, 0.1) is 0 Å². The maximum absolute atomic E-state index is 13.3. The first kappa shape index (κ1) is 12.1. The topological polar surface area (TPSA) is 32.3 Å². The van der Waals surface area contributed by atoms with Crippen molar-refractivity contribution in [3.8, 4) is 0 Å². The monoisotopic (exact) mass is 278 g/mol. The van der Waals surface area contributed by atoms with Crippen molar-refractivity contribution in [3.05, 3.63) is 33.8 Å². The van der Waals surface area contributed by atoms with Gasteiger partial charge in [-0.25, -0.2) is 13.8 Å². The lowest BCUT2D eigenvalue weighted by Crippen LogP contribution is -2.37. The summed E-state index contributed by atoms with van der Waals surface area (Å²) in [6.45, 7) is 0. The number of nitrogens with one attached hydrogen (secondary N) is 1. The molecule has 0 radical (unpaired) electrons. The highest BCUT2D eigenvalue weighted by Gasteiger charge is 2.18. The normalized spacial score (nSPS) is 10.5. The standard InChI is InChI=1S/C9H9BrF2N2O/c1-14(2)13-9(15)8-6(11)3-5(10)4-7(8)12/h3-4H,1-2H3,(H,13,15). The zero-order chi connectivity index (χ0) is 11.6. The Balaban J connectivity index is 3.09. The van der Waals surface area contributed by atoms with Gasteiger partial charge in [-0.1, -0.05) is 15.9 Å². The Hall–Kier alpha value is -1.01. The highest BCUT2D eigenvalue weighted by Crippen LogP contribution is 2.19. The van der Waals surface area contributed by atoms with Crippen LogP contribution in [0.15, 0.2) is 16.6 Å². The van der Waals surface area contributed by atoms with Gasteiger partial charge in [0.1, 0.15) is 17.2 Å². The van der Waals surface area contributed by atoms with Gasteiger partial charge in [0.15, 0.2) is 0 Å². The molecule has 1 rings (SSSR count). The number of carbonyl (C=O) groups is 1. The van der Waals surface area contributed by atoms with Crippen LogP contribution in [0.2, 0.25) is 0 Å². The molecule has 0 spiro atoms. The predicted molar refractivity (Wildman–Crippen MR) is 55.2 cm³/mol. The molecular formula is C9H9BrF2N2O. The van der Waals surface area contributed by atoms with E-state index in [1.54, 1.807) is 14.1 Å². The van der Waals surface area contributed by atoms with Gasteiger partial charge in [-0.2, -0.15) is 0 Å². The highest BCUT2D eigenvalue weighted by atomic mass is 79.9. The van der Waals surface area contributed by atoms with Gasteiger partial charge in [0.25, 0.3) is 5.91 Å². The van der Waals surface area contributed by atoms with Crippen molar-refractivity contribution >= 4 is 21.8 Å². The van der Waals surface area contributed by atoms with Gasteiger partial charge >= 0.3 is 0 Å². The lowest BCUT2D eigenvalue weighted by atomic mass is 10.2. The largest absolute Gasteiger partial charge is 0.285 e. The summed E-state index contributed by atoms with van der Waals surface area (Å²) in [5, 5.41) is 1.31. The van der Waals surface area contributed by atoms with E-state index in [-0.39, 0.29) is 4.47 Å². The van der Waals surface area contributed by atoms with Gasteiger partial charge in [-0.15, -0.1) is 0 Å². The molecule has 1 N–H and O–H groups in total. The van der Waals surface area contributed by atoms with Crippen LogP contribution in [0, 0.1) is 11.6 Å². The van der Waals surface area contributed by atoms with E-state index in [4.69, 9.17) is 0 Å². The lowest BCUT2D eigenvalue weighted by molar-refractivity contribution is 0.0848. The first-order valence-electron chi connectivity index (χ1n) is 4.04. The number of carbonyl (C=O) groups excluding carboxylic acids is 1. The third-order valence-corrected chi connectivity index (χ3v) is 2.02. The van der Waals surface area contributed by atoms with E-state index in [9.17, 15) is 13.6 Å². The predicted octanol–water partition coefficient (Wildman–Crippen LogP) is 1.93. The van der Waals surface area contributed by atoms with Crippen LogP contribution in [0.5, 0.6) is 0 Å². The molecule has 0 fully saturated rings. The summed E-state index contributed by atoms with van der Waals surface area (Å²) in [6.07, 6.45) is 0. The van der Waals surface area contributed by atoms with Gasteiger partial charge in [0.2, 0.25) is 0 Å². The Bertz CT molecular complexity index is 373. The van der Waals surface area contributed by atoms with Gasteiger partial charge in [-0.05, 0) is 12.1 Å². The van der Waals surface area contributed by atoms with Gasteiger partial charge in [-0.3, -0.25) is 10.2 Å². The zero-order valence-electron chi connectivity index (χ0n) is 8.14. The molecule has 82 valence electrons. The molecule has 0 aromatic heterocycles. The fraction of sp³-hybridized carbons (Fsp3) is 0.222. The summed E-state index contributed by atoms with van der Waals surface area (Å²) in [7, 11) is 3.10. The van der Waals surface area contributed by atoms with Crippen LogP contribution in [-0.4, -0.2) is 25.0 Å². The van der Waals surface area contributed by atoms with Crippen molar-refractivity contribution in [1.82, 2.24) is 10.4 Å². The van der Waals surface area contributed by atoms with Crippen LogP contribution in [0.1, 0.15) is 10.4 Å². The maximum Gasteiger partial charge on any atom is 0.271 e. The molecule has 3 nitrogen and oxygen atoms in total. The molecule has 0 atom stereocenters. The molecule has 0 bridgehead atoms. The fourth-order valence-electron chi connectivity index (χ4n) is 1.02. The Kier molecular flexibility index (Phi) is 3.76. The molecule has 0 saturated heterocycles. The second-order valence-corrected chi connectivity index (χ2v) is 4.00. The van der Waals surface area contributed by atoms with E-state index in [2.05, 4.69) is 21.4 Å². The van der Waals surface area contributed by atoms with E-state index < -0.39 is 23.1 Å². The molecular weight excluding hydrogens is 270 g/mol. The second-order valence-electron chi connectivity index (χ2n) is 3.08. The molecule has 0 aliphatic rings. The van der Waals surface area contributed by atoms with E-state index in [0.717, 1.165) is 12.1 Å². The summed E-state index contributed by atoms with van der Waals surface area (Å²) in [5.74, 6) is -2.62. The minimum atomic E-state index is -0.902. The molecule has 0 saturated carbocycles. The quantitative estimate of drug-likeness (QED) is 0.839. The van der Waals surface area contributed by atoms with Crippen molar-refractivity contribution in [3.63, 3.8) is 0 Å². The molecule has 0 unspecified atom stereocenters. The average molecular weight is 279 g/mol.